The Balaban J connectivity index is 1.70. The van der Waals surface area contributed by atoms with Gasteiger partial charge in [0, 0.05) is 23.9 Å². The summed E-state index contributed by atoms with van der Waals surface area (Å²) in [5.74, 6) is 0.713. The van der Waals surface area contributed by atoms with Crippen molar-refractivity contribution in [3.8, 4) is 22.6 Å². The van der Waals surface area contributed by atoms with E-state index in [9.17, 15) is 9.90 Å². The first-order valence-electron chi connectivity index (χ1n) is 9.52. The van der Waals surface area contributed by atoms with E-state index in [4.69, 9.17) is 4.74 Å². The second-order valence-corrected chi connectivity index (χ2v) is 7.61. The van der Waals surface area contributed by atoms with Gasteiger partial charge >= 0.3 is 0 Å². The largest absolute Gasteiger partial charge is 0.493 e. The number of hydrogen-bond acceptors (Lipinski definition) is 4. The minimum Gasteiger partial charge on any atom is -0.493 e. The van der Waals surface area contributed by atoms with E-state index in [1.54, 1.807) is 13.8 Å². The highest BCUT2D eigenvalue weighted by Gasteiger charge is 2.16. The predicted octanol–water partition coefficient (Wildman–Crippen LogP) is 3.92. The quantitative estimate of drug-likeness (QED) is 0.524. The van der Waals surface area contributed by atoms with E-state index in [0.29, 0.717) is 29.8 Å². The van der Waals surface area contributed by atoms with Crippen molar-refractivity contribution in [2.45, 2.75) is 25.9 Å². The molecule has 0 spiro atoms. The van der Waals surface area contributed by atoms with Crippen LogP contribution in [-0.4, -0.2) is 31.8 Å². The van der Waals surface area contributed by atoms with Gasteiger partial charge in [-0.25, -0.2) is 4.98 Å². The number of aliphatic hydroxyl groups is 1. The Morgan fingerprint density at radius 3 is 2.52 bits per heavy atom. The molecular weight excluding hydrogens is 366 g/mol. The van der Waals surface area contributed by atoms with Crippen molar-refractivity contribution >= 4 is 11.0 Å². The number of ether oxygens (including phenoxy) is 1. The Morgan fingerprint density at radius 1 is 1.10 bits per heavy atom. The molecule has 0 fully saturated rings. The molecule has 0 atom stereocenters. The van der Waals surface area contributed by atoms with Gasteiger partial charge in [0.2, 0.25) is 0 Å². The van der Waals surface area contributed by atoms with Crippen molar-refractivity contribution in [3.63, 3.8) is 0 Å². The first-order chi connectivity index (χ1) is 13.9. The van der Waals surface area contributed by atoms with Crippen LogP contribution in [0.15, 0.2) is 71.9 Å². The summed E-state index contributed by atoms with van der Waals surface area (Å²) in [5.41, 5.74) is 2.95. The summed E-state index contributed by atoms with van der Waals surface area (Å²) in [4.78, 5) is 19.6. The lowest BCUT2D eigenvalue weighted by atomic mass is 10.1. The van der Waals surface area contributed by atoms with Gasteiger partial charge in [0.1, 0.15) is 16.8 Å². The smallest absolute Gasteiger partial charge is 0.275 e. The molecule has 29 heavy (non-hydrogen) atoms. The molecule has 6 nitrogen and oxygen atoms in total. The first kappa shape index (κ1) is 19.0. The van der Waals surface area contributed by atoms with Crippen LogP contribution in [-0.2, 0) is 0 Å². The fourth-order valence-electron chi connectivity index (χ4n) is 3.22. The molecule has 0 unspecified atom stereocenters. The molecule has 0 aliphatic carbocycles. The Morgan fingerprint density at radius 2 is 1.83 bits per heavy atom. The highest BCUT2D eigenvalue weighted by molar-refractivity contribution is 5.93. The van der Waals surface area contributed by atoms with Crippen LogP contribution in [0.1, 0.15) is 20.3 Å². The monoisotopic (exact) mass is 389 g/mol. The van der Waals surface area contributed by atoms with Gasteiger partial charge in [-0.15, -0.1) is 0 Å². The molecule has 4 rings (SSSR count). The lowest BCUT2D eigenvalue weighted by molar-refractivity contribution is 0.0553. The fraction of sp³-hybridized carbons (Fsp3) is 0.217. The molecule has 0 amide bonds. The third-order valence-electron chi connectivity index (χ3n) is 4.77. The van der Waals surface area contributed by atoms with E-state index in [1.807, 2.05) is 65.4 Å². The number of nitrogens with one attached hydrogen (secondary N) is 1. The number of benzene rings is 2. The molecule has 148 valence electrons. The first-order valence-corrected chi connectivity index (χ1v) is 9.52. The summed E-state index contributed by atoms with van der Waals surface area (Å²) >= 11 is 0. The van der Waals surface area contributed by atoms with Crippen LogP contribution in [0.5, 0.6) is 5.75 Å². The Kier molecular flexibility index (Phi) is 4.94. The maximum atomic E-state index is 12.6. The molecule has 4 aromatic rings. The van der Waals surface area contributed by atoms with Gasteiger partial charge in [-0.1, -0.05) is 30.3 Å². The SMILES string of the molecule is CC(C)(O)CCOc1ccc(-n2cc(-c3ccccc3)c3nc[nH]c(=O)c32)cc1. The van der Waals surface area contributed by atoms with E-state index in [-0.39, 0.29) is 5.56 Å². The Hall–Kier alpha value is -3.38. The van der Waals surface area contributed by atoms with Crippen LogP contribution in [0.25, 0.3) is 27.8 Å². The van der Waals surface area contributed by atoms with Crippen LogP contribution in [0.2, 0.25) is 0 Å². The van der Waals surface area contributed by atoms with Gasteiger partial charge in [-0.2, -0.15) is 0 Å². The van der Waals surface area contributed by atoms with Gasteiger partial charge in [0.05, 0.1) is 18.5 Å². The van der Waals surface area contributed by atoms with Crippen LogP contribution < -0.4 is 10.3 Å². The summed E-state index contributed by atoms with van der Waals surface area (Å²) in [7, 11) is 0. The highest BCUT2D eigenvalue weighted by atomic mass is 16.5. The lowest BCUT2D eigenvalue weighted by Crippen LogP contribution is -2.21. The molecule has 2 N–H and O–H groups in total. The normalized spacial score (nSPS) is 11.7. The minimum atomic E-state index is -0.758. The van der Waals surface area contributed by atoms with Crippen molar-refractivity contribution < 1.29 is 9.84 Å². The topological polar surface area (TPSA) is 80.1 Å². The number of fused-ring (bicyclic) bond motifs is 1. The third-order valence-corrected chi connectivity index (χ3v) is 4.77. The number of rotatable bonds is 6. The summed E-state index contributed by atoms with van der Waals surface area (Å²) in [6, 6.07) is 17.4. The highest BCUT2D eigenvalue weighted by Crippen LogP contribution is 2.30. The molecule has 0 aliphatic heterocycles. The fourth-order valence-corrected chi connectivity index (χ4v) is 3.22. The standard InChI is InChI=1S/C23H23N3O3/c1-23(2,28)12-13-29-18-10-8-17(9-11-18)26-14-19(16-6-4-3-5-7-16)20-21(26)22(27)25-15-24-20/h3-11,14-15,28H,12-13H2,1-2H3,(H,24,25,27). The number of hydrogen-bond donors (Lipinski definition) is 2. The van der Waals surface area contributed by atoms with Crippen molar-refractivity contribution in [2.24, 2.45) is 0 Å². The van der Waals surface area contributed by atoms with Crippen LogP contribution in [0.4, 0.5) is 0 Å². The number of aromatic nitrogens is 3. The zero-order valence-corrected chi connectivity index (χ0v) is 16.4. The van der Waals surface area contributed by atoms with Crippen molar-refractivity contribution in [1.82, 2.24) is 14.5 Å². The van der Waals surface area contributed by atoms with Crippen LogP contribution >= 0.6 is 0 Å². The molecule has 0 radical (unpaired) electrons. The molecular formula is C23H23N3O3. The predicted molar refractivity (Wildman–Crippen MR) is 114 cm³/mol. The van der Waals surface area contributed by atoms with Crippen molar-refractivity contribution in [3.05, 3.63) is 77.5 Å². The average Bonchev–Trinajstić information content (AvgIpc) is 3.09. The minimum absolute atomic E-state index is 0.192. The molecule has 6 heteroatoms. The molecule has 0 saturated carbocycles. The van der Waals surface area contributed by atoms with E-state index in [1.165, 1.54) is 6.33 Å². The maximum Gasteiger partial charge on any atom is 0.275 e. The Bertz CT molecular complexity index is 1170. The molecule has 0 saturated heterocycles. The zero-order chi connectivity index (χ0) is 20.4. The van der Waals surface area contributed by atoms with Crippen LogP contribution in [0, 0.1) is 0 Å². The summed E-state index contributed by atoms with van der Waals surface area (Å²) < 4.78 is 7.56. The van der Waals surface area contributed by atoms with Gasteiger partial charge in [-0.3, -0.25) is 4.79 Å². The van der Waals surface area contributed by atoms with E-state index < -0.39 is 5.60 Å². The molecule has 2 aromatic heterocycles. The summed E-state index contributed by atoms with van der Waals surface area (Å²) in [6.45, 7) is 3.94. The van der Waals surface area contributed by atoms with E-state index in [2.05, 4.69) is 9.97 Å². The number of nitrogens with zero attached hydrogens (tertiary/aromatic N) is 2. The second-order valence-electron chi connectivity index (χ2n) is 7.61. The molecule has 2 heterocycles. The number of aromatic amines is 1. The molecule has 0 bridgehead atoms. The van der Waals surface area contributed by atoms with Gasteiger partial charge < -0.3 is 19.4 Å². The zero-order valence-electron chi connectivity index (χ0n) is 16.4. The second kappa shape index (κ2) is 7.56. The molecule has 0 aliphatic rings. The molecule has 2 aromatic carbocycles. The summed E-state index contributed by atoms with van der Waals surface area (Å²) in [5, 5.41) is 9.79. The van der Waals surface area contributed by atoms with E-state index in [0.717, 1.165) is 16.8 Å². The summed E-state index contributed by atoms with van der Waals surface area (Å²) in [6.07, 6.45) is 3.91. The lowest BCUT2D eigenvalue weighted by Gasteiger charge is -2.17. The van der Waals surface area contributed by atoms with E-state index >= 15 is 0 Å². The van der Waals surface area contributed by atoms with Crippen LogP contribution in [0.3, 0.4) is 0 Å². The van der Waals surface area contributed by atoms with Gasteiger partial charge in [-0.05, 0) is 43.7 Å². The maximum absolute atomic E-state index is 12.6. The number of H-pyrrole nitrogens is 1. The van der Waals surface area contributed by atoms with Gasteiger partial charge in [0.15, 0.2) is 0 Å². The van der Waals surface area contributed by atoms with Gasteiger partial charge in [0.25, 0.3) is 5.56 Å². The average molecular weight is 389 g/mol. The third kappa shape index (κ3) is 4.07. The van der Waals surface area contributed by atoms with Crippen molar-refractivity contribution in [2.75, 3.05) is 6.61 Å². The Labute approximate surface area is 168 Å². The van der Waals surface area contributed by atoms with Crippen molar-refractivity contribution in [1.29, 1.82) is 0 Å².